The topological polar surface area (TPSA) is 49.3 Å². The van der Waals surface area contributed by atoms with Gasteiger partial charge in [0.05, 0.1) is 28.4 Å². The summed E-state index contributed by atoms with van der Waals surface area (Å²) in [5.41, 5.74) is -2.15. The normalized spacial score (nSPS) is 28.3. The van der Waals surface area contributed by atoms with Gasteiger partial charge in [0.1, 0.15) is 0 Å². The Hall–Kier alpha value is -2.42. The highest BCUT2D eigenvalue weighted by atomic mass is 35.5. The summed E-state index contributed by atoms with van der Waals surface area (Å²) in [4.78, 5) is 11.9. The number of aromatic carboxylic acids is 1. The minimum Gasteiger partial charge on any atom is -0.478 e. The lowest BCUT2D eigenvalue weighted by Crippen LogP contribution is -2.36. The molecule has 2 aromatic carbocycles. The van der Waals surface area contributed by atoms with Crippen molar-refractivity contribution in [3.63, 3.8) is 0 Å². The van der Waals surface area contributed by atoms with Crippen LogP contribution in [0.15, 0.2) is 30.3 Å². The zero-order valence-electron chi connectivity index (χ0n) is 16.9. The first-order valence-corrected chi connectivity index (χ1v) is 10.8. The second-order valence-corrected chi connectivity index (χ2v) is 9.56. The van der Waals surface area contributed by atoms with E-state index in [0.29, 0.717) is 5.56 Å². The van der Waals surface area contributed by atoms with E-state index in [1.165, 1.54) is 6.07 Å². The summed E-state index contributed by atoms with van der Waals surface area (Å²) in [6, 6.07) is 3.63. The Kier molecular flexibility index (Phi) is 4.94. The van der Waals surface area contributed by atoms with Crippen LogP contribution in [0.1, 0.15) is 63.8 Å². The van der Waals surface area contributed by atoms with Gasteiger partial charge < -0.3 is 10.4 Å². The number of nitrogens with one attached hydrogen (secondary N) is 1. The standard InChI is InChI=1S/C23H18ClF6NO2/c24-14-7-15-17-9-1-2-10(3-9)18(17)19(31-20(15)16(8-14)21(32)33)11-4-12(22(25,26)27)6-13(5-11)23(28,29)30/h4-10,17-19,31H,1-3H2,(H,32,33)/t9-,10+,17+,18+,19-/m0/s1. The van der Waals surface area contributed by atoms with Crippen LogP contribution in [-0.4, -0.2) is 11.1 Å². The van der Waals surface area contributed by atoms with Crippen LogP contribution in [0.3, 0.4) is 0 Å². The van der Waals surface area contributed by atoms with E-state index in [9.17, 15) is 36.2 Å². The average molecular weight is 490 g/mol. The molecule has 5 atom stereocenters. The van der Waals surface area contributed by atoms with Gasteiger partial charge in [-0.2, -0.15) is 26.3 Å². The number of rotatable bonds is 2. The molecular formula is C23H18ClF6NO2. The third-order valence-corrected chi connectivity index (χ3v) is 7.58. The van der Waals surface area contributed by atoms with Gasteiger partial charge in [-0.15, -0.1) is 0 Å². The van der Waals surface area contributed by atoms with Gasteiger partial charge in [0.2, 0.25) is 0 Å². The summed E-state index contributed by atoms with van der Waals surface area (Å²) >= 11 is 6.17. The lowest BCUT2D eigenvalue weighted by molar-refractivity contribution is -0.143. The van der Waals surface area contributed by atoms with Crippen LogP contribution >= 0.6 is 11.6 Å². The number of benzene rings is 2. The Morgan fingerprint density at radius 3 is 2.12 bits per heavy atom. The third-order valence-electron chi connectivity index (χ3n) is 7.36. The predicted octanol–water partition coefficient (Wildman–Crippen LogP) is 7.37. The van der Waals surface area contributed by atoms with Crippen LogP contribution in [0.4, 0.5) is 32.0 Å². The number of hydrogen-bond donors (Lipinski definition) is 2. The van der Waals surface area contributed by atoms with Crippen molar-refractivity contribution in [1.82, 2.24) is 0 Å². The molecule has 2 aliphatic carbocycles. The minimum atomic E-state index is -4.96. The molecule has 0 aromatic heterocycles. The Bertz CT molecular complexity index is 1110. The Morgan fingerprint density at radius 1 is 0.939 bits per heavy atom. The second kappa shape index (κ2) is 7.29. The molecule has 2 bridgehead atoms. The molecule has 2 N–H and O–H groups in total. The van der Waals surface area contributed by atoms with Gasteiger partial charge in [-0.25, -0.2) is 4.79 Å². The molecule has 0 spiro atoms. The summed E-state index contributed by atoms with van der Waals surface area (Å²) in [6.45, 7) is 0. The van der Waals surface area contributed by atoms with Gasteiger partial charge >= 0.3 is 18.3 Å². The highest BCUT2D eigenvalue weighted by Crippen LogP contribution is 2.64. The number of hydrogen-bond acceptors (Lipinski definition) is 2. The van der Waals surface area contributed by atoms with E-state index >= 15 is 0 Å². The molecule has 5 rings (SSSR count). The molecule has 0 amide bonds. The first-order chi connectivity index (χ1) is 15.3. The number of anilines is 1. The molecule has 33 heavy (non-hydrogen) atoms. The number of fused-ring (bicyclic) bond motifs is 7. The van der Waals surface area contributed by atoms with E-state index in [1.54, 1.807) is 6.07 Å². The molecule has 176 valence electrons. The molecule has 0 radical (unpaired) electrons. The fraction of sp³-hybridized carbons (Fsp3) is 0.435. The third kappa shape index (κ3) is 3.64. The summed E-state index contributed by atoms with van der Waals surface area (Å²) in [6.07, 6.45) is -7.42. The van der Waals surface area contributed by atoms with Crippen LogP contribution in [0, 0.1) is 17.8 Å². The van der Waals surface area contributed by atoms with Crippen molar-refractivity contribution < 1.29 is 36.2 Å². The van der Waals surface area contributed by atoms with Crippen LogP contribution in [0.2, 0.25) is 5.02 Å². The van der Waals surface area contributed by atoms with Crippen molar-refractivity contribution >= 4 is 23.3 Å². The summed E-state index contributed by atoms with van der Waals surface area (Å²) in [5.74, 6) is -1.44. The van der Waals surface area contributed by atoms with E-state index in [0.717, 1.165) is 31.4 Å². The fourth-order valence-electron chi connectivity index (χ4n) is 6.21. The van der Waals surface area contributed by atoms with Crippen molar-refractivity contribution in [3.8, 4) is 0 Å². The first kappa shape index (κ1) is 22.4. The Morgan fingerprint density at radius 2 is 1.55 bits per heavy atom. The van der Waals surface area contributed by atoms with Crippen molar-refractivity contribution in [2.45, 2.75) is 43.6 Å². The number of halogens is 7. The lowest BCUT2D eigenvalue weighted by Gasteiger charge is -2.44. The van der Waals surface area contributed by atoms with Crippen molar-refractivity contribution in [1.29, 1.82) is 0 Å². The van der Waals surface area contributed by atoms with Gasteiger partial charge in [0, 0.05) is 5.02 Å². The van der Waals surface area contributed by atoms with Gasteiger partial charge in [0.25, 0.3) is 0 Å². The molecule has 2 saturated carbocycles. The number of alkyl halides is 6. The SMILES string of the molecule is O=C(O)c1cc(Cl)cc2c1N[C@@H](c1cc(C(F)(F)F)cc(C(F)(F)F)c1)[C@@H]1[C@@H]3CC[C@@H](C3)[C@H]21. The van der Waals surface area contributed by atoms with Crippen molar-refractivity contribution in [2.24, 2.45) is 17.8 Å². The van der Waals surface area contributed by atoms with Gasteiger partial charge in [-0.3, -0.25) is 0 Å². The molecule has 0 saturated heterocycles. The maximum atomic E-state index is 13.5. The van der Waals surface area contributed by atoms with Crippen molar-refractivity contribution in [2.75, 3.05) is 5.32 Å². The van der Waals surface area contributed by atoms with Gasteiger partial charge in [-0.1, -0.05) is 11.6 Å². The second-order valence-electron chi connectivity index (χ2n) is 9.12. The van der Waals surface area contributed by atoms with E-state index in [2.05, 4.69) is 5.32 Å². The number of carboxylic acids is 1. The molecular weight excluding hydrogens is 472 g/mol. The Balaban J connectivity index is 1.71. The minimum absolute atomic E-state index is 0.112. The zero-order chi connectivity index (χ0) is 23.9. The monoisotopic (exact) mass is 489 g/mol. The molecule has 10 heteroatoms. The van der Waals surface area contributed by atoms with Crippen LogP contribution in [0.25, 0.3) is 0 Å². The van der Waals surface area contributed by atoms with Crippen LogP contribution in [-0.2, 0) is 12.4 Å². The molecule has 3 aliphatic rings. The number of carbonyl (C=O) groups is 1. The largest absolute Gasteiger partial charge is 0.478 e. The summed E-state index contributed by atoms with van der Waals surface area (Å²) in [7, 11) is 0. The van der Waals surface area contributed by atoms with Gasteiger partial charge in [0.15, 0.2) is 0 Å². The highest BCUT2D eigenvalue weighted by molar-refractivity contribution is 6.31. The van der Waals surface area contributed by atoms with Gasteiger partial charge in [-0.05, 0) is 84.4 Å². The quantitative estimate of drug-likeness (QED) is 0.433. The molecule has 0 unspecified atom stereocenters. The smallest absolute Gasteiger partial charge is 0.416 e. The lowest BCUT2D eigenvalue weighted by atomic mass is 9.67. The first-order valence-electron chi connectivity index (χ1n) is 10.5. The summed E-state index contributed by atoms with van der Waals surface area (Å²) < 4.78 is 81.0. The Labute approximate surface area is 189 Å². The molecule has 1 aliphatic heterocycles. The summed E-state index contributed by atoms with van der Waals surface area (Å²) in [5, 5.41) is 13.0. The van der Waals surface area contributed by atoms with E-state index in [-0.39, 0.29) is 51.6 Å². The van der Waals surface area contributed by atoms with E-state index in [1.807, 2.05) is 0 Å². The fourth-order valence-corrected chi connectivity index (χ4v) is 6.44. The highest BCUT2D eigenvalue weighted by Gasteiger charge is 2.54. The number of carboxylic acid groups (broad SMARTS) is 1. The zero-order valence-corrected chi connectivity index (χ0v) is 17.7. The van der Waals surface area contributed by atoms with Crippen LogP contribution < -0.4 is 5.32 Å². The van der Waals surface area contributed by atoms with Crippen LogP contribution in [0.5, 0.6) is 0 Å². The maximum Gasteiger partial charge on any atom is 0.416 e. The molecule has 3 nitrogen and oxygen atoms in total. The van der Waals surface area contributed by atoms with E-state index in [4.69, 9.17) is 11.6 Å². The maximum absolute atomic E-state index is 13.5. The predicted molar refractivity (Wildman–Crippen MR) is 108 cm³/mol. The molecule has 1 heterocycles. The average Bonchev–Trinajstić information content (AvgIpc) is 3.33. The molecule has 2 fully saturated rings. The van der Waals surface area contributed by atoms with Crippen molar-refractivity contribution in [3.05, 3.63) is 63.2 Å². The molecule has 2 aromatic rings. The van der Waals surface area contributed by atoms with E-state index < -0.39 is 35.5 Å².